The van der Waals surface area contributed by atoms with E-state index in [2.05, 4.69) is 10.1 Å². The number of nitrogens with zero attached hydrogens (tertiary/aromatic N) is 5. The molecule has 1 aliphatic heterocycles. The van der Waals surface area contributed by atoms with Gasteiger partial charge in [0.2, 0.25) is 5.91 Å². The van der Waals surface area contributed by atoms with Crippen molar-refractivity contribution >= 4 is 28.7 Å². The van der Waals surface area contributed by atoms with E-state index in [-0.39, 0.29) is 5.91 Å². The number of fused-ring (bicyclic) bond motifs is 1. The lowest BCUT2D eigenvalue weighted by atomic mass is 10.4. The van der Waals surface area contributed by atoms with Gasteiger partial charge in [0.1, 0.15) is 17.9 Å². The van der Waals surface area contributed by atoms with Crippen molar-refractivity contribution in [3.8, 4) is 0 Å². The van der Waals surface area contributed by atoms with Gasteiger partial charge in [-0.15, -0.1) is 11.6 Å². The van der Waals surface area contributed by atoms with Crippen molar-refractivity contribution in [2.24, 2.45) is 7.05 Å². The molecule has 0 atom stereocenters. The fourth-order valence-corrected chi connectivity index (χ4v) is 3.19. The standard InChI is InChI=1S/C14H20ClN5O/c1-10-13-14(18(2)17-10)20(11(16-13)5-6-15)9-12(21)19-7-3-4-8-19/h3-9H2,1-2H3. The number of halogens is 1. The van der Waals surface area contributed by atoms with Crippen molar-refractivity contribution in [2.75, 3.05) is 19.0 Å². The predicted octanol–water partition coefficient (Wildman–Crippen LogP) is 1.48. The second-order valence-electron chi connectivity index (χ2n) is 5.52. The molecular weight excluding hydrogens is 290 g/mol. The Balaban J connectivity index is 1.98. The van der Waals surface area contributed by atoms with Gasteiger partial charge in [0, 0.05) is 32.4 Å². The monoisotopic (exact) mass is 309 g/mol. The highest BCUT2D eigenvalue weighted by Crippen LogP contribution is 2.20. The minimum Gasteiger partial charge on any atom is -0.341 e. The molecule has 0 radical (unpaired) electrons. The summed E-state index contributed by atoms with van der Waals surface area (Å²) < 4.78 is 3.77. The zero-order valence-corrected chi connectivity index (χ0v) is 13.2. The second kappa shape index (κ2) is 5.67. The van der Waals surface area contributed by atoms with Gasteiger partial charge < -0.3 is 9.47 Å². The summed E-state index contributed by atoms with van der Waals surface area (Å²) in [4.78, 5) is 19.0. The molecule has 21 heavy (non-hydrogen) atoms. The van der Waals surface area contributed by atoms with E-state index in [0.29, 0.717) is 18.8 Å². The highest BCUT2D eigenvalue weighted by Gasteiger charge is 2.23. The van der Waals surface area contributed by atoms with Crippen molar-refractivity contribution in [1.29, 1.82) is 0 Å². The Hall–Kier alpha value is -1.56. The third kappa shape index (κ3) is 2.52. The molecule has 0 saturated carbocycles. The summed E-state index contributed by atoms with van der Waals surface area (Å²) in [6, 6.07) is 0. The number of carbonyl (C=O) groups excluding carboxylic acids is 1. The number of imidazole rings is 1. The molecule has 0 aliphatic carbocycles. The quantitative estimate of drug-likeness (QED) is 0.804. The molecule has 114 valence electrons. The van der Waals surface area contributed by atoms with Crippen molar-refractivity contribution in [2.45, 2.75) is 32.7 Å². The zero-order chi connectivity index (χ0) is 15.0. The molecule has 1 amide bonds. The molecule has 3 rings (SSSR count). The van der Waals surface area contributed by atoms with E-state index in [1.165, 1.54) is 0 Å². The smallest absolute Gasteiger partial charge is 0.242 e. The fourth-order valence-electron chi connectivity index (χ4n) is 3.02. The Morgan fingerprint density at radius 2 is 2.05 bits per heavy atom. The Bertz CT molecular complexity index is 668. The summed E-state index contributed by atoms with van der Waals surface area (Å²) in [7, 11) is 1.89. The first kappa shape index (κ1) is 14.4. The van der Waals surface area contributed by atoms with Gasteiger partial charge in [-0.2, -0.15) is 5.10 Å². The van der Waals surface area contributed by atoms with Crippen LogP contribution >= 0.6 is 11.6 Å². The van der Waals surface area contributed by atoms with Gasteiger partial charge in [-0.25, -0.2) is 4.98 Å². The Kier molecular flexibility index (Phi) is 3.89. The van der Waals surface area contributed by atoms with Crippen LogP contribution in [-0.4, -0.2) is 49.1 Å². The predicted molar refractivity (Wildman–Crippen MR) is 81.5 cm³/mol. The lowest BCUT2D eigenvalue weighted by molar-refractivity contribution is -0.130. The summed E-state index contributed by atoms with van der Waals surface area (Å²) in [5.41, 5.74) is 2.66. The molecule has 2 aromatic heterocycles. The van der Waals surface area contributed by atoms with Gasteiger partial charge in [0.15, 0.2) is 5.65 Å². The second-order valence-corrected chi connectivity index (χ2v) is 5.90. The zero-order valence-electron chi connectivity index (χ0n) is 12.5. The summed E-state index contributed by atoms with van der Waals surface area (Å²) in [6.45, 7) is 3.99. The van der Waals surface area contributed by atoms with E-state index < -0.39 is 0 Å². The number of hydrogen-bond donors (Lipinski definition) is 0. The van der Waals surface area contributed by atoms with Crippen LogP contribution in [0.2, 0.25) is 0 Å². The minimum absolute atomic E-state index is 0.154. The van der Waals surface area contributed by atoms with Gasteiger partial charge in [-0.3, -0.25) is 9.48 Å². The van der Waals surface area contributed by atoms with E-state index in [9.17, 15) is 4.79 Å². The number of likely N-dealkylation sites (tertiary alicyclic amines) is 1. The van der Waals surface area contributed by atoms with Gasteiger partial charge >= 0.3 is 0 Å². The SMILES string of the molecule is Cc1nn(C)c2c1nc(CCCl)n2CC(=O)N1CCCC1. The first-order valence-electron chi connectivity index (χ1n) is 7.34. The Morgan fingerprint density at radius 3 is 2.71 bits per heavy atom. The number of aryl methyl sites for hydroxylation is 3. The van der Waals surface area contributed by atoms with Gasteiger partial charge in [-0.05, 0) is 19.8 Å². The van der Waals surface area contributed by atoms with Crippen LogP contribution in [0.3, 0.4) is 0 Å². The van der Waals surface area contributed by atoms with Crippen molar-refractivity contribution in [1.82, 2.24) is 24.2 Å². The van der Waals surface area contributed by atoms with E-state index in [0.717, 1.165) is 48.6 Å². The molecule has 0 aromatic carbocycles. The van der Waals surface area contributed by atoms with Crippen LogP contribution in [0, 0.1) is 6.92 Å². The fraction of sp³-hybridized carbons (Fsp3) is 0.643. The maximum atomic E-state index is 12.4. The third-order valence-electron chi connectivity index (χ3n) is 4.04. The van der Waals surface area contributed by atoms with Crippen LogP contribution in [0.25, 0.3) is 11.2 Å². The molecule has 3 heterocycles. The molecule has 7 heteroatoms. The third-order valence-corrected chi connectivity index (χ3v) is 4.23. The summed E-state index contributed by atoms with van der Waals surface area (Å²) in [6.07, 6.45) is 2.86. The normalized spacial score (nSPS) is 15.3. The molecule has 2 aromatic rings. The van der Waals surface area contributed by atoms with Crippen LogP contribution in [0.15, 0.2) is 0 Å². The average Bonchev–Trinajstić information content (AvgIpc) is 3.12. The first-order valence-corrected chi connectivity index (χ1v) is 7.87. The highest BCUT2D eigenvalue weighted by molar-refractivity contribution is 6.17. The lowest BCUT2D eigenvalue weighted by Gasteiger charge is -2.17. The maximum absolute atomic E-state index is 12.4. The van der Waals surface area contributed by atoms with Gasteiger partial charge in [-0.1, -0.05) is 0 Å². The van der Waals surface area contributed by atoms with E-state index >= 15 is 0 Å². The number of alkyl halides is 1. The summed E-state index contributed by atoms with van der Waals surface area (Å²) >= 11 is 5.87. The molecule has 0 unspecified atom stereocenters. The number of carbonyl (C=O) groups is 1. The molecule has 6 nitrogen and oxygen atoms in total. The Labute approximate surface area is 128 Å². The van der Waals surface area contributed by atoms with Gasteiger partial charge in [0.05, 0.1) is 5.69 Å². The molecule has 1 fully saturated rings. The highest BCUT2D eigenvalue weighted by atomic mass is 35.5. The summed E-state index contributed by atoms with van der Waals surface area (Å²) in [5.74, 6) is 1.51. The van der Waals surface area contributed by atoms with E-state index in [1.807, 2.05) is 23.4 Å². The van der Waals surface area contributed by atoms with Crippen LogP contribution < -0.4 is 0 Å². The van der Waals surface area contributed by atoms with Crippen molar-refractivity contribution in [3.63, 3.8) is 0 Å². The average molecular weight is 310 g/mol. The summed E-state index contributed by atoms with van der Waals surface area (Å²) in [5, 5.41) is 4.39. The molecule has 1 aliphatic rings. The first-order chi connectivity index (χ1) is 10.1. The maximum Gasteiger partial charge on any atom is 0.242 e. The van der Waals surface area contributed by atoms with Crippen LogP contribution in [0.1, 0.15) is 24.4 Å². The molecule has 0 spiro atoms. The number of hydrogen-bond acceptors (Lipinski definition) is 3. The number of aromatic nitrogens is 4. The van der Waals surface area contributed by atoms with Gasteiger partial charge in [0.25, 0.3) is 0 Å². The van der Waals surface area contributed by atoms with Crippen LogP contribution in [0.4, 0.5) is 0 Å². The van der Waals surface area contributed by atoms with Crippen LogP contribution in [-0.2, 0) is 24.8 Å². The van der Waals surface area contributed by atoms with Crippen LogP contribution in [0.5, 0.6) is 0 Å². The number of amides is 1. The largest absolute Gasteiger partial charge is 0.341 e. The molecule has 0 bridgehead atoms. The molecular formula is C14H20ClN5O. The molecule has 0 N–H and O–H groups in total. The Morgan fingerprint density at radius 1 is 1.33 bits per heavy atom. The topological polar surface area (TPSA) is 56.0 Å². The van der Waals surface area contributed by atoms with E-state index in [4.69, 9.17) is 11.6 Å². The number of rotatable bonds is 4. The lowest BCUT2D eigenvalue weighted by Crippen LogP contribution is -2.31. The molecule has 1 saturated heterocycles. The minimum atomic E-state index is 0.154. The van der Waals surface area contributed by atoms with Crippen molar-refractivity contribution in [3.05, 3.63) is 11.5 Å². The van der Waals surface area contributed by atoms with Crippen molar-refractivity contribution < 1.29 is 4.79 Å². The van der Waals surface area contributed by atoms with E-state index in [1.54, 1.807) is 4.68 Å².